The van der Waals surface area contributed by atoms with Crippen LogP contribution in [0.25, 0.3) is 0 Å². The zero-order chi connectivity index (χ0) is 59.0. The molecular formula is C55H90N4O18P2S. The number of thioether (sulfide) groups is 1. The molecule has 1 aromatic heterocycles. The van der Waals surface area contributed by atoms with Gasteiger partial charge in [-0.15, -0.1) is 11.8 Å². The highest BCUT2D eigenvalue weighted by atomic mass is 32.2. The Hall–Kier alpha value is -4.06. The monoisotopic (exact) mass is 1190 g/mol. The number of phosphoric acid groups is 2. The number of unbranched alkanes of at least 4 members (excludes halogenated alkanes) is 13. The van der Waals surface area contributed by atoms with Gasteiger partial charge in [0.15, 0.2) is 12.3 Å². The van der Waals surface area contributed by atoms with Crippen LogP contribution < -0.4 is 17.2 Å². The summed E-state index contributed by atoms with van der Waals surface area (Å²) in [6.07, 6.45) is 34.4. The highest BCUT2D eigenvalue weighted by Crippen LogP contribution is 2.60. The van der Waals surface area contributed by atoms with Gasteiger partial charge >= 0.3 is 39.2 Å². The van der Waals surface area contributed by atoms with Crippen molar-refractivity contribution in [3.8, 4) is 0 Å². The summed E-state index contributed by atoms with van der Waals surface area (Å²) in [7, 11) is -11.1. The van der Waals surface area contributed by atoms with Crippen molar-refractivity contribution in [1.29, 1.82) is 0 Å². The minimum Gasteiger partial charge on any atom is -0.481 e. The van der Waals surface area contributed by atoms with Crippen LogP contribution >= 0.6 is 27.4 Å². The van der Waals surface area contributed by atoms with Crippen LogP contribution in [0.3, 0.4) is 0 Å². The van der Waals surface area contributed by atoms with E-state index in [0.29, 0.717) is 12.8 Å². The zero-order valence-electron chi connectivity index (χ0n) is 46.5. The van der Waals surface area contributed by atoms with E-state index in [1.165, 1.54) is 38.2 Å². The number of aromatic nitrogens is 2. The zero-order valence-corrected chi connectivity index (χ0v) is 49.1. The minimum atomic E-state index is -5.56. The van der Waals surface area contributed by atoms with E-state index in [0.717, 1.165) is 93.2 Å². The van der Waals surface area contributed by atoms with E-state index in [1.807, 2.05) is 18.2 Å². The molecule has 454 valence electrons. The number of rotatable bonds is 46. The molecule has 1 fully saturated rings. The predicted octanol–water partition coefficient (Wildman–Crippen LogP) is 8.98. The predicted molar refractivity (Wildman–Crippen MR) is 308 cm³/mol. The van der Waals surface area contributed by atoms with Crippen molar-refractivity contribution in [2.45, 2.75) is 203 Å². The minimum absolute atomic E-state index is 0.0642. The maximum atomic E-state index is 13.2. The molecule has 0 amide bonds. The number of ether oxygens (including phenoxy) is 3. The van der Waals surface area contributed by atoms with Gasteiger partial charge in [-0.3, -0.25) is 28.0 Å². The number of hydrogen-bond donors (Lipinski definition) is 8. The van der Waals surface area contributed by atoms with Gasteiger partial charge in [0.2, 0.25) is 0 Å². The second-order valence-electron chi connectivity index (χ2n) is 19.3. The first-order valence-corrected chi connectivity index (χ1v) is 31.9. The van der Waals surface area contributed by atoms with Gasteiger partial charge in [-0.2, -0.15) is 9.29 Å². The molecule has 2 rings (SSSR count). The van der Waals surface area contributed by atoms with E-state index in [4.69, 9.17) is 39.8 Å². The molecule has 1 aromatic rings. The number of nitrogen functional groups attached to an aromatic ring is 1. The fraction of sp³-hybridized carbons (Fsp3) is 0.655. The normalized spacial score (nSPS) is 20.1. The molecule has 25 heteroatoms. The van der Waals surface area contributed by atoms with E-state index in [2.05, 4.69) is 59.6 Å². The number of carbonyl (C=O) groups excluding carboxylic acids is 2. The quantitative estimate of drug-likeness (QED) is 0.00992. The summed E-state index contributed by atoms with van der Waals surface area (Å²) >= 11 is 1.12. The molecule has 0 bridgehead atoms. The van der Waals surface area contributed by atoms with Crippen molar-refractivity contribution in [1.82, 2.24) is 9.55 Å². The van der Waals surface area contributed by atoms with Crippen LogP contribution in [0.2, 0.25) is 0 Å². The van der Waals surface area contributed by atoms with Crippen LogP contribution in [0.5, 0.6) is 0 Å². The van der Waals surface area contributed by atoms with E-state index in [9.17, 15) is 53.4 Å². The number of carbonyl (C=O) groups is 3. The molecule has 0 radical (unpaired) electrons. The number of carboxylic acid groups (broad SMARTS) is 1. The number of hydrogen-bond acceptors (Lipinski definition) is 19. The molecule has 0 aromatic carbocycles. The van der Waals surface area contributed by atoms with Crippen LogP contribution in [0.4, 0.5) is 5.82 Å². The summed E-state index contributed by atoms with van der Waals surface area (Å²) in [5.41, 5.74) is 10.8. The Balaban J connectivity index is 2.03. The Morgan fingerprint density at radius 2 is 1.36 bits per heavy atom. The van der Waals surface area contributed by atoms with E-state index in [-0.39, 0.29) is 37.3 Å². The number of aliphatic carboxylic acids is 1. The SMILES string of the molecule is CCCCC/C=C\C\C=C/C=C/C=C/[C@@H](SC[C@H](N)C(=O)OC[C@H](COP(=O)(O)OP(=O)(O)OC[C@H]1O[C@@H](n2ccc(N)nc2=O)[C@H](O)[C@@H]1O)OC(=O)CCCCCCCCC/C=C\C/C=C\CCCCC)[C@@H](O)CCCC(=O)O. The lowest BCUT2D eigenvalue weighted by atomic mass is 10.1. The molecule has 0 saturated carbocycles. The molecule has 1 saturated heterocycles. The first-order chi connectivity index (χ1) is 38.3. The average Bonchev–Trinajstić information content (AvgIpc) is 3.82. The van der Waals surface area contributed by atoms with Crippen molar-refractivity contribution in [2.75, 3.05) is 31.3 Å². The summed E-state index contributed by atoms with van der Waals surface area (Å²) in [6.45, 7) is 1.60. The van der Waals surface area contributed by atoms with Gasteiger partial charge in [-0.05, 0) is 76.7 Å². The third-order valence-corrected chi connectivity index (χ3v) is 16.3. The van der Waals surface area contributed by atoms with Gasteiger partial charge in [0.25, 0.3) is 0 Å². The molecule has 10 N–H and O–H groups in total. The van der Waals surface area contributed by atoms with Crippen LogP contribution in [0.1, 0.15) is 161 Å². The molecule has 0 aliphatic carbocycles. The fourth-order valence-corrected chi connectivity index (χ4v) is 11.0. The van der Waals surface area contributed by atoms with Crippen molar-refractivity contribution in [2.24, 2.45) is 5.73 Å². The largest absolute Gasteiger partial charge is 0.481 e. The summed E-state index contributed by atoms with van der Waals surface area (Å²) in [5.74, 6) is -2.97. The molecule has 2 unspecified atom stereocenters. The summed E-state index contributed by atoms with van der Waals surface area (Å²) < 4.78 is 57.1. The van der Waals surface area contributed by atoms with Gasteiger partial charge in [0.05, 0.1) is 19.3 Å². The molecule has 0 spiro atoms. The van der Waals surface area contributed by atoms with Gasteiger partial charge in [-0.25, -0.2) is 13.9 Å². The Bertz CT molecular complexity index is 2260. The molecular weight excluding hydrogens is 1100 g/mol. The number of aliphatic hydroxyl groups excluding tert-OH is 3. The van der Waals surface area contributed by atoms with Crippen molar-refractivity contribution in [3.63, 3.8) is 0 Å². The van der Waals surface area contributed by atoms with Crippen molar-refractivity contribution < 1.29 is 81.3 Å². The second kappa shape index (κ2) is 42.7. The Morgan fingerprint density at radius 1 is 0.775 bits per heavy atom. The van der Waals surface area contributed by atoms with E-state index >= 15 is 0 Å². The molecule has 2 heterocycles. The topological polar surface area (TPSA) is 349 Å². The Morgan fingerprint density at radius 3 is 1.99 bits per heavy atom. The number of phosphoric ester groups is 2. The van der Waals surface area contributed by atoms with E-state index < -0.39 is 107 Å². The third kappa shape index (κ3) is 33.8. The number of anilines is 1. The standard InChI is InChI=1S/C55H90N4O18P2S/c1-3-5-7-9-11-13-15-17-18-19-20-21-23-25-27-29-31-36-50(63)75-43(40-73-78(68,69)77-79(70,71)74-41-46-51(64)52(65)53(76-46)59-38-37-48(57)58-55(59)67)39-72-54(66)44(56)42-80-47(45(60)33-32-35-49(61)62)34-30-28-26-24-22-16-14-12-10-8-6-4-2/h11-14,17-18,22,24,26,28,30,34,37-38,43-47,51-53,60,64-65H,3-10,15-16,19-21,23,25,27,29,31-33,35-36,39-42,56H2,1-2H3,(H,61,62)(H,68,69)(H,70,71)(H2,57,58,67)/b13-11-,14-12-,18-17-,24-22-,28-26+,34-30+/t43-,44+,45+,46-,47-,51-,52-,53-/m1/s1. The van der Waals surface area contributed by atoms with Gasteiger partial charge in [0.1, 0.15) is 36.8 Å². The Kier molecular flexibility index (Phi) is 38.5. The number of aliphatic hydroxyl groups is 3. The number of nitrogens with zero attached hydrogens (tertiary/aromatic N) is 2. The number of allylic oxidation sites excluding steroid dienone is 11. The van der Waals surface area contributed by atoms with Gasteiger partial charge < -0.3 is 55.9 Å². The number of nitrogens with two attached hydrogens (primary N) is 2. The van der Waals surface area contributed by atoms with Crippen molar-refractivity contribution in [3.05, 3.63) is 95.7 Å². The molecule has 10 atom stereocenters. The lowest BCUT2D eigenvalue weighted by Crippen LogP contribution is -2.38. The van der Waals surface area contributed by atoms with E-state index in [1.54, 1.807) is 18.2 Å². The Labute approximate surface area is 476 Å². The number of carboxylic acids is 1. The van der Waals surface area contributed by atoms with Crippen molar-refractivity contribution >= 4 is 51.1 Å². The maximum Gasteiger partial charge on any atom is 0.481 e. The third-order valence-electron chi connectivity index (χ3n) is 12.3. The fourth-order valence-electron chi connectivity index (χ4n) is 7.78. The van der Waals surface area contributed by atoms with Crippen LogP contribution in [0.15, 0.2) is 90.0 Å². The smallest absolute Gasteiger partial charge is 0.481 e. The van der Waals surface area contributed by atoms with Crippen LogP contribution in [0, 0.1) is 0 Å². The molecule has 22 nitrogen and oxygen atoms in total. The maximum absolute atomic E-state index is 13.2. The number of esters is 2. The summed E-state index contributed by atoms with van der Waals surface area (Å²) in [4.78, 5) is 74.1. The van der Waals surface area contributed by atoms with Gasteiger partial charge in [-0.1, -0.05) is 145 Å². The second-order valence-corrected chi connectivity index (χ2v) is 23.5. The van der Waals surface area contributed by atoms with Crippen LogP contribution in [-0.4, -0.2) is 125 Å². The lowest BCUT2D eigenvalue weighted by Gasteiger charge is -2.23. The average molecular weight is 1190 g/mol. The highest BCUT2D eigenvalue weighted by Gasteiger charge is 2.46. The first kappa shape index (κ1) is 72.0. The molecule has 1 aliphatic rings. The molecule has 1 aliphatic heterocycles. The van der Waals surface area contributed by atoms with Gasteiger partial charge in [0, 0.05) is 30.0 Å². The van der Waals surface area contributed by atoms with Crippen LogP contribution in [-0.2, 0) is 51.1 Å². The first-order valence-electron chi connectivity index (χ1n) is 27.9. The summed E-state index contributed by atoms with van der Waals surface area (Å²) in [5, 5.41) is 40.5. The lowest BCUT2D eigenvalue weighted by molar-refractivity contribution is -0.161. The summed E-state index contributed by atoms with van der Waals surface area (Å²) in [6, 6.07) is -0.0787. The molecule has 80 heavy (non-hydrogen) atoms. The highest BCUT2D eigenvalue weighted by molar-refractivity contribution is 8.00.